The van der Waals surface area contributed by atoms with Crippen LogP contribution in [0.1, 0.15) is 6.17 Å². The zero-order valence-corrected chi connectivity index (χ0v) is 9.45. The van der Waals surface area contributed by atoms with Gasteiger partial charge in [-0.1, -0.05) is 12.1 Å². The third kappa shape index (κ3) is 1.52. The molecule has 0 radical (unpaired) electrons. The molecule has 1 aromatic heterocycles. The molecule has 2 N–H and O–H groups in total. The van der Waals surface area contributed by atoms with Crippen molar-refractivity contribution in [2.75, 3.05) is 11.9 Å². The monoisotopic (exact) mass is 229 g/mol. The number of carbonyl (C=O) groups excluding carboxylic acids is 1. The van der Waals surface area contributed by atoms with Gasteiger partial charge in [-0.05, 0) is 12.1 Å². The molecule has 5 nitrogen and oxygen atoms in total. The highest BCUT2D eigenvalue weighted by molar-refractivity contribution is 5.98. The van der Waals surface area contributed by atoms with E-state index >= 15 is 0 Å². The van der Waals surface area contributed by atoms with Crippen LogP contribution in [0.3, 0.4) is 0 Å². The molecule has 86 valence electrons. The lowest BCUT2D eigenvalue weighted by Gasteiger charge is -2.28. The molecule has 1 aliphatic rings. The van der Waals surface area contributed by atoms with E-state index in [0.29, 0.717) is 0 Å². The second-order valence-electron chi connectivity index (χ2n) is 4.05. The molecule has 2 heterocycles. The number of nitrogens with zero attached hydrogens (tertiary/aromatic N) is 3. The van der Waals surface area contributed by atoms with Crippen LogP contribution in [0.4, 0.5) is 11.4 Å². The summed E-state index contributed by atoms with van der Waals surface area (Å²) in [5.41, 5.74) is 2.01. The first kappa shape index (κ1) is 10.0. The number of nitrogens with two attached hydrogens (primary N) is 1. The Labute approximate surface area is 98.7 Å². The van der Waals surface area contributed by atoms with Gasteiger partial charge in [0, 0.05) is 25.5 Å². The maximum Gasteiger partial charge on any atom is 0.309 e. The molecule has 1 aliphatic heterocycles. The minimum absolute atomic E-state index is 0.0346. The van der Waals surface area contributed by atoms with Crippen molar-refractivity contribution < 1.29 is 10.1 Å². The normalized spacial score (nSPS) is 19.2. The molecule has 1 unspecified atom stereocenters. The van der Waals surface area contributed by atoms with Crippen molar-refractivity contribution in [2.45, 2.75) is 6.17 Å². The summed E-state index contributed by atoms with van der Waals surface area (Å²) in [5, 5.41) is 6.08. The summed E-state index contributed by atoms with van der Waals surface area (Å²) in [6.45, 7) is 0. The number of para-hydroxylation sites is 2. The third-order valence-corrected chi connectivity index (χ3v) is 3.03. The molecule has 0 fully saturated rings. The molecule has 0 saturated heterocycles. The van der Waals surface area contributed by atoms with Gasteiger partial charge in [0.05, 0.1) is 0 Å². The summed E-state index contributed by atoms with van der Waals surface area (Å²) in [6.07, 6.45) is 3.15. The van der Waals surface area contributed by atoms with Crippen molar-refractivity contribution in [3.05, 3.63) is 42.7 Å². The molecule has 17 heavy (non-hydrogen) atoms. The molecule has 1 amide bonds. The van der Waals surface area contributed by atoms with E-state index in [1.54, 1.807) is 29.0 Å². The van der Waals surface area contributed by atoms with Crippen LogP contribution < -0.4 is 10.2 Å². The Morgan fingerprint density at radius 3 is 2.88 bits per heavy atom. The van der Waals surface area contributed by atoms with Crippen molar-refractivity contribution in [3.63, 3.8) is 0 Å². The fourth-order valence-electron chi connectivity index (χ4n) is 2.13. The van der Waals surface area contributed by atoms with Crippen LogP contribution in [-0.2, 0) is 4.79 Å². The Bertz CT molecular complexity index is 549. The van der Waals surface area contributed by atoms with Crippen LogP contribution in [0.25, 0.3) is 0 Å². The number of amides is 1. The summed E-state index contributed by atoms with van der Waals surface area (Å²) in [5.74, 6) is 0.0346. The molecule has 3 rings (SSSR count). The summed E-state index contributed by atoms with van der Waals surface area (Å²) in [4.78, 5) is 13.9. The van der Waals surface area contributed by atoms with Crippen molar-refractivity contribution in [1.82, 2.24) is 9.78 Å². The van der Waals surface area contributed by atoms with E-state index in [0.717, 1.165) is 11.4 Å². The lowest BCUT2D eigenvalue weighted by atomic mass is 10.2. The minimum atomic E-state index is -0.343. The van der Waals surface area contributed by atoms with E-state index in [9.17, 15) is 4.79 Å². The average Bonchev–Trinajstić information content (AvgIpc) is 2.87. The van der Waals surface area contributed by atoms with Gasteiger partial charge in [-0.25, -0.2) is 4.68 Å². The van der Waals surface area contributed by atoms with Crippen molar-refractivity contribution in [3.8, 4) is 0 Å². The van der Waals surface area contributed by atoms with E-state index in [1.807, 2.05) is 35.6 Å². The molecule has 0 spiro atoms. The zero-order valence-electron chi connectivity index (χ0n) is 9.45. The summed E-state index contributed by atoms with van der Waals surface area (Å²) >= 11 is 0. The molecular formula is C12H13N4O+. The van der Waals surface area contributed by atoms with Gasteiger partial charge in [0.2, 0.25) is 0 Å². The molecule has 2 aromatic rings. The molecule has 5 heteroatoms. The fraction of sp³-hybridized carbons (Fsp3) is 0.167. The smallest absolute Gasteiger partial charge is 0.303 e. The summed E-state index contributed by atoms with van der Waals surface area (Å²) in [6, 6.07) is 9.68. The number of fused-ring (bicyclic) bond motifs is 1. The molecule has 1 atom stereocenters. The van der Waals surface area contributed by atoms with Gasteiger partial charge in [0.25, 0.3) is 6.17 Å². The Balaban J connectivity index is 2.05. The van der Waals surface area contributed by atoms with E-state index in [2.05, 4.69) is 5.10 Å². The van der Waals surface area contributed by atoms with E-state index < -0.39 is 0 Å². The van der Waals surface area contributed by atoms with E-state index in [-0.39, 0.29) is 12.1 Å². The molecule has 0 bridgehead atoms. The SMILES string of the molecule is CN1C(=O)C(n2cccn2)[NH2+]c2ccccc21. The number of aromatic nitrogens is 2. The largest absolute Gasteiger partial charge is 0.309 e. The Hall–Kier alpha value is -2.14. The highest BCUT2D eigenvalue weighted by atomic mass is 16.2. The van der Waals surface area contributed by atoms with Crippen LogP contribution in [-0.4, -0.2) is 22.7 Å². The third-order valence-electron chi connectivity index (χ3n) is 3.03. The van der Waals surface area contributed by atoms with Gasteiger partial charge in [0.15, 0.2) is 5.69 Å². The fourth-order valence-corrected chi connectivity index (χ4v) is 2.13. The number of anilines is 1. The number of hydrogen-bond donors (Lipinski definition) is 1. The first-order chi connectivity index (χ1) is 8.27. The van der Waals surface area contributed by atoms with E-state index in [4.69, 9.17) is 0 Å². The Kier molecular flexibility index (Phi) is 2.19. The summed E-state index contributed by atoms with van der Waals surface area (Å²) < 4.78 is 1.68. The average molecular weight is 229 g/mol. The van der Waals surface area contributed by atoms with Crippen molar-refractivity contribution in [1.29, 1.82) is 0 Å². The molecule has 0 aliphatic carbocycles. The second kappa shape index (κ2) is 3.71. The molecule has 0 saturated carbocycles. The first-order valence-corrected chi connectivity index (χ1v) is 5.48. The maximum atomic E-state index is 12.2. The Morgan fingerprint density at radius 1 is 1.29 bits per heavy atom. The van der Waals surface area contributed by atoms with Crippen LogP contribution in [0.5, 0.6) is 0 Å². The summed E-state index contributed by atoms with van der Waals surface area (Å²) in [7, 11) is 1.80. The number of quaternary nitrogens is 1. The lowest BCUT2D eigenvalue weighted by molar-refractivity contribution is -0.622. The number of likely N-dealkylation sites (N-methyl/N-ethyl adjacent to an activating group) is 1. The van der Waals surface area contributed by atoms with Crippen molar-refractivity contribution in [2.24, 2.45) is 0 Å². The van der Waals surface area contributed by atoms with Gasteiger partial charge < -0.3 is 4.90 Å². The number of benzene rings is 1. The predicted molar refractivity (Wildman–Crippen MR) is 62.7 cm³/mol. The quantitative estimate of drug-likeness (QED) is 0.713. The highest BCUT2D eigenvalue weighted by Crippen LogP contribution is 2.25. The predicted octanol–water partition coefficient (Wildman–Crippen LogP) is 0.253. The highest BCUT2D eigenvalue weighted by Gasteiger charge is 2.35. The van der Waals surface area contributed by atoms with Crippen molar-refractivity contribution >= 4 is 17.3 Å². The van der Waals surface area contributed by atoms with E-state index in [1.165, 1.54) is 0 Å². The second-order valence-corrected chi connectivity index (χ2v) is 4.05. The van der Waals surface area contributed by atoms with Crippen LogP contribution in [0.2, 0.25) is 0 Å². The number of rotatable bonds is 1. The van der Waals surface area contributed by atoms with Crippen LogP contribution >= 0.6 is 0 Å². The van der Waals surface area contributed by atoms with Gasteiger partial charge in [-0.3, -0.25) is 10.1 Å². The van der Waals surface area contributed by atoms with Crippen LogP contribution in [0, 0.1) is 0 Å². The maximum absolute atomic E-state index is 12.2. The zero-order chi connectivity index (χ0) is 11.8. The number of hydrogen-bond acceptors (Lipinski definition) is 2. The Morgan fingerprint density at radius 2 is 2.12 bits per heavy atom. The van der Waals surface area contributed by atoms with Gasteiger partial charge >= 0.3 is 5.91 Å². The minimum Gasteiger partial charge on any atom is -0.303 e. The van der Waals surface area contributed by atoms with Gasteiger partial charge in [0.1, 0.15) is 5.69 Å². The molecular weight excluding hydrogens is 216 g/mol. The lowest BCUT2D eigenvalue weighted by Crippen LogP contribution is -2.86. The van der Waals surface area contributed by atoms with Gasteiger partial charge in [-0.15, -0.1) is 0 Å². The first-order valence-electron chi connectivity index (χ1n) is 5.48. The topological polar surface area (TPSA) is 54.7 Å². The molecule has 1 aromatic carbocycles. The number of carbonyl (C=O) groups is 1. The van der Waals surface area contributed by atoms with Gasteiger partial charge in [-0.2, -0.15) is 5.10 Å². The van der Waals surface area contributed by atoms with Crippen LogP contribution in [0.15, 0.2) is 42.7 Å². The standard InChI is InChI=1S/C12H12N4O/c1-15-10-6-3-2-5-9(10)14-11(12(15)17)16-8-4-7-13-16/h2-8,11,14H,1H3/p+1.